The Labute approximate surface area is 72.8 Å². The number of carbonyl (C=O) groups is 1. The summed E-state index contributed by atoms with van der Waals surface area (Å²) in [7, 11) is 1.32. The molecule has 4 nitrogen and oxygen atoms in total. The summed E-state index contributed by atoms with van der Waals surface area (Å²) in [5.74, 6) is -1.25. The molecule has 0 aliphatic heterocycles. The molecule has 0 unspecified atom stereocenters. The first-order chi connectivity index (χ1) is 5.95. The molecule has 0 atom stereocenters. The molecular formula is C7H8F2N2O2. The van der Waals surface area contributed by atoms with Gasteiger partial charge in [-0.1, -0.05) is 0 Å². The normalized spacial score (nSPS) is 10.8. The second-order valence-corrected chi connectivity index (χ2v) is 2.59. The van der Waals surface area contributed by atoms with Crippen LogP contribution in [0, 0.1) is 6.92 Å². The number of hydrogen-bond donors (Lipinski definition) is 1. The van der Waals surface area contributed by atoms with Crippen molar-refractivity contribution in [3.8, 4) is 0 Å². The van der Waals surface area contributed by atoms with Gasteiger partial charge in [0.1, 0.15) is 11.4 Å². The van der Waals surface area contributed by atoms with Gasteiger partial charge < -0.3 is 5.11 Å². The van der Waals surface area contributed by atoms with E-state index in [-0.39, 0.29) is 11.3 Å². The molecule has 1 N–H and O–H groups in total. The van der Waals surface area contributed by atoms with Gasteiger partial charge in [0.05, 0.1) is 0 Å². The highest BCUT2D eigenvalue weighted by molar-refractivity contribution is 5.87. The van der Waals surface area contributed by atoms with Crippen molar-refractivity contribution in [2.45, 2.75) is 13.3 Å². The lowest BCUT2D eigenvalue weighted by Gasteiger charge is -1.95. The average Bonchev–Trinajstić information content (AvgIpc) is 2.26. The lowest BCUT2D eigenvalue weighted by Crippen LogP contribution is -2.06. The zero-order chi connectivity index (χ0) is 10.2. The maximum Gasteiger partial charge on any atom is 0.354 e. The Hall–Kier alpha value is -1.46. The van der Waals surface area contributed by atoms with Crippen LogP contribution in [-0.2, 0) is 7.05 Å². The summed E-state index contributed by atoms with van der Waals surface area (Å²) >= 11 is 0. The molecular weight excluding hydrogens is 182 g/mol. The van der Waals surface area contributed by atoms with Gasteiger partial charge in [-0.05, 0) is 6.92 Å². The Balaban J connectivity index is 3.30. The van der Waals surface area contributed by atoms with Gasteiger partial charge in [0.15, 0.2) is 0 Å². The molecule has 0 fully saturated rings. The number of aromatic carboxylic acids is 1. The molecule has 0 aromatic carbocycles. The molecule has 0 aliphatic rings. The molecule has 13 heavy (non-hydrogen) atoms. The van der Waals surface area contributed by atoms with Crippen LogP contribution in [0.1, 0.15) is 28.2 Å². The third-order valence-corrected chi connectivity index (χ3v) is 1.73. The monoisotopic (exact) mass is 190 g/mol. The molecule has 0 radical (unpaired) electrons. The van der Waals surface area contributed by atoms with E-state index in [4.69, 9.17) is 5.11 Å². The summed E-state index contributed by atoms with van der Waals surface area (Å²) in [6.07, 6.45) is -2.74. The fraction of sp³-hybridized carbons (Fsp3) is 0.429. The third kappa shape index (κ3) is 1.51. The van der Waals surface area contributed by atoms with E-state index in [2.05, 4.69) is 5.10 Å². The van der Waals surface area contributed by atoms with Gasteiger partial charge in [-0.2, -0.15) is 5.10 Å². The minimum absolute atomic E-state index is 0.0185. The molecule has 0 bridgehead atoms. The molecule has 0 spiro atoms. The fourth-order valence-corrected chi connectivity index (χ4v) is 1.16. The molecule has 1 rings (SSSR count). The Kier molecular flexibility index (Phi) is 2.31. The smallest absolute Gasteiger partial charge is 0.354 e. The number of aryl methyl sites for hydroxylation is 1. The van der Waals surface area contributed by atoms with Crippen LogP contribution >= 0.6 is 0 Å². The van der Waals surface area contributed by atoms with Crippen molar-refractivity contribution in [2.75, 3.05) is 0 Å². The van der Waals surface area contributed by atoms with Gasteiger partial charge in [-0.15, -0.1) is 0 Å². The van der Waals surface area contributed by atoms with Crippen LogP contribution in [0.25, 0.3) is 0 Å². The number of carboxylic acid groups (broad SMARTS) is 1. The van der Waals surface area contributed by atoms with Gasteiger partial charge in [-0.25, -0.2) is 13.6 Å². The van der Waals surface area contributed by atoms with Crippen molar-refractivity contribution in [2.24, 2.45) is 7.05 Å². The van der Waals surface area contributed by atoms with Crippen molar-refractivity contribution in [1.82, 2.24) is 9.78 Å². The third-order valence-electron chi connectivity index (χ3n) is 1.73. The molecule has 0 saturated heterocycles. The van der Waals surface area contributed by atoms with Gasteiger partial charge in [0.2, 0.25) is 0 Å². The summed E-state index contributed by atoms with van der Waals surface area (Å²) < 4.78 is 25.4. The Morgan fingerprint density at radius 1 is 1.62 bits per heavy atom. The highest BCUT2D eigenvalue weighted by Gasteiger charge is 2.23. The van der Waals surface area contributed by atoms with E-state index in [1.54, 1.807) is 0 Å². The minimum Gasteiger partial charge on any atom is -0.477 e. The maximum atomic E-state index is 12.2. The molecule has 0 aliphatic carbocycles. The number of alkyl halides is 2. The van der Waals surface area contributed by atoms with Crippen LogP contribution in [0.2, 0.25) is 0 Å². The number of carboxylic acids is 1. The summed E-state index contributed by atoms with van der Waals surface area (Å²) in [6.45, 7) is 1.32. The SMILES string of the molecule is Cc1c(C(F)F)nn(C)c1C(=O)O. The summed E-state index contributed by atoms with van der Waals surface area (Å²) in [5, 5.41) is 12.1. The summed E-state index contributed by atoms with van der Waals surface area (Å²) in [4.78, 5) is 10.6. The number of rotatable bonds is 2. The van der Waals surface area contributed by atoms with E-state index < -0.39 is 18.1 Å². The zero-order valence-electron chi connectivity index (χ0n) is 7.08. The summed E-state index contributed by atoms with van der Waals surface area (Å²) in [5.41, 5.74) is -0.653. The molecule has 0 saturated carbocycles. The van der Waals surface area contributed by atoms with E-state index in [0.717, 1.165) is 4.68 Å². The lowest BCUT2D eigenvalue weighted by molar-refractivity contribution is 0.0684. The van der Waals surface area contributed by atoms with E-state index in [1.165, 1.54) is 14.0 Å². The largest absolute Gasteiger partial charge is 0.477 e. The van der Waals surface area contributed by atoms with E-state index >= 15 is 0 Å². The highest BCUT2D eigenvalue weighted by Crippen LogP contribution is 2.23. The maximum absolute atomic E-state index is 12.2. The Bertz CT molecular complexity index is 347. The topological polar surface area (TPSA) is 55.1 Å². The van der Waals surface area contributed by atoms with E-state index in [1.807, 2.05) is 0 Å². The van der Waals surface area contributed by atoms with Crippen molar-refractivity contribution in [3.05, 3.63) is 17.0 Å². The molecule has 72 valence electrons. The van der Waals surface area contributed by atoms with E-state index in [0.29, 0.717) is 0 Å². The van der Waals surface area contributed by atoms with Crippen molar-refractivity contribution < 1.29 is 18.7 Å². The molecule has 1 aromatic heterocycles. The highest BCUT2D eigenvalue weighted by atomic mass is 19.3. The first-order valence-corrected chi connectivity index (χ1v) is 3.50. The van der Waals surface area contributed by atoms with Crippen LogP contribution in [0.15, 0.2) is 0 Å². The van der Waals surface area contributed by atoms with Crippen molar-refractivity contribution >= 4 is 5.97 Å². The van der Waals surface area contributed by atoms with Gasteiger partial charge in [-0.3, -0.25) is 4.68 Å². The van der Waals surface area contributed by atoms with Crippen LogP contribution in [0.5, 0.6) is 0 Å². The molecule has 1 aromatic rings. The lowest BCUT2D eigenvalue weighted by atomic mass is 10.2. The number of nitrogens with zero attached hydrogens (tertiary/aromatic N) is 2. The predicted octanol–water partition coefficient (Wildman–Crippen LogP) is 1.36. The van der Waals surface area contributed by atoms with E-state index in [9.17, 15) is 13.6 Å². The Morgan fingerprint density at radius 3 is 2.38 bits per heavy atom. The van der Waals surface area contributed by atoms with Gasteiger partial charge in [0, 0.05) is 12.6 Å². The number of halogens is 2. The van der Waals surface area contributed by atoms with Gasteiger partial charge in [0.25, 0.3) is 6.43 Å². The minimum atomic E-state index is -2.74. The number of hydrogen-bond acceptors (Lipinski definition) is 2. The van der Waals surface area contributed by atoms with Crippen molar-refractivity contribution in [3.63, 3.8) is 0 Å². The average molecular weight is 190 g/mol. The predicted molar refractivity (Wildman–Crippen MR) is 39.9 cm³/mol. The second kappa shape index (κ2) is 3.12. The summed E-state index contributed by atoms with van der Waals surface area (Å²) in [6, 6.07) is 0. The standard InChI is InChI=1S/C7H8F2N2O2/c1-3-4(6(8)9)10-11(2)5(3)7(12)13/h6H,1-2H3,(H,12,13). The van der Waals surface area contributed by atoms with Crippen LogP contribution in [-0.4, -0.2) is 20.9 Å². The first kappa shape index (κ1) is 9.63. The van der Waals surface area contributed by atoms with Crippen molar-refractivity contribution in [1.29, 1.82) is 0 Å². The van der Waals surface area contributed by atoms with Crippen LogP contribution < -0.4 is 0 Å². The molecule has 0 amide bonds. The van der Waals surface area contributed by atoms with Crippen LogP contribution in [0.3, 0.4) is 0 Å². The quantitative estimate of drug-likeness (QED) is 0.766. The fourth-order valence-electron chi connectivity index (χ4n) is 1.16. The van der Waals surface area contributed by atoms with Gasteiger partial charge >= 0.3 is 5.97 Å². The zero-order valence-corrected chi connectivity index (χ0v) is 7.08. The Morgan fingerprint density at radius 2 is 2.15 bits per heavy atom. The van der Waals surface area contributed by atoms with Crippen LogP contribution in [0.4, 0.5) is 8.78 Å². The number of aromatic nitrogens is 2. The second-order valence-electron chi connectivity index (χ2n) is 2.59. The molecule has 1 heterocycles. The first-order valence-electron chi connectivity index (χ1n) is 3.50. The molecule has 6 heteroatoms.